The summed E-state index contributed by atoms with van der Waals surface area (Å²) < 4.78 is 47.5. The van der Waals surface area contributed by atoms with Crippen molar-refractivity contribution in [2.45, 2.75) is 16.7 Å². The maximum Gasteiger partial charge on any atom is 0.284 e. The SMILES string of the molecule is COc1cc(N=Nc2c(C)c(=C=[N-])c3nc4ccccc4n3c2=O)c(S(=O)(=O)[O-])cc1N=Nc1ccc(SOOO)cc1. The number of imidazole rings is 1. The number of fused-ring (bicyclic) bond motifs is 3. The van der Waals surface area contributed by atoms with Crippen LogP contribution in [0.2, 0.25) is 0 Å². The molecular weight excluding hydrogens is 602 g/mol. The number of pyridine rings is 1. The van der Waals surface area contributed by atoms with Crippen LogP contribution in [0.5, 0.6) is 5.75 Å². The smallest absolute Gasteiger partial charge is 0.284 e. The lowest BCUT2D eigenvalue weighted by Crippen LogP contribution is -2.23. The topological polar surface area (TPSA) is 211 Å². The summed E-state index contributed by atoms with van der Waals surface area (Å²) in [5.41, 5.74) is 0.161. The number of methoxy groups -OCH3 is 1. The Morgan fingerprint density at radius 2 is 1.77 bits per heavy atom. The largest absolute Gasteiger partial charge is 0.763 e. The Morgan fingerprint density at radius 1 is 1.05 bits per heavy atom. The molecule has 0 saturated carbocycles. The van der Waals surface area contributed by atoms with E-state index in [1.165, 1.54) is 18.4 Å². The molecule has 0 bridgehead atoms. The van der Waals surface area contributed by atoms with Gasteiger partial charge in [0.2, 0.25) is 0 Å². The van der Waals surface area contributed by atoms with Crippen LogP contribution in [0.4, 0.5) is 22.7 Å². The third-order valence-corrected chi connectivity index (χ3v) is 7.55. The van der Waals surface area contributed by atoms with Gasteiger partial charge in [0.15, 0.2) is 11.3 Å². The summed E-state index contributed by atoms with van der Waals surface area (Å²) in [6.45, 7) is 1.49. The van der Waals surface area contributed by atoms with E-state index in [0.29, 0.717) is 21.6 Å². The average molecular weight is 620 g/mol. The van der Waals surface area contributed by atoms with Crippen molar-refractivity contribution in [3.8, 4) is 5.75 Å². The van der Waals surface area contributed by atoms with Crippen molar-refractivity contribution in [3.63, 3.8) is 0 Å². The fourth-order valence-corrected chi connectivity index (χ4v) is 5.07. The number of aromatic nitrogens is 2. The number of hydrogen-bond donors (Lipinski definition) is 1. The van der Waals surface area contributed by atoms with Gasteiger partial charge in [-0.1, -0.05) is 17.2 Å². The first-order valence-corrected chi connectivity index (χ1v) is 14.1. The maximum absolute atomic E-state index is 13.5. The molecule has 0 spiro atoms. The second kappa shape index (κ2) is 12.2. The van der Waals surface area contributed by atoms with Gasteiger partial charge in [0.25, 0.3) is 5.56 Å². The van der Waals surface area contributed by atoms with E-state index in [1.807, 2.05) is 5.87 Å². The molecule has 0 amide bonds. The number of rotatable bonds is 9. The molecule has 17 heteroatoms. The Morgan fingerprint density at radius 3 is 2.44 bits per heavy atom. The van der Waals surface area contributed by atoms with E-state index in [9.17, 15) is 23.2 Å². The summed E-state index contributed by atoms with van der Waals surface area (Å²) in [5.74, 6) is 2.03. The molecule has 43 heavy (non-hydrogen) atoms. The van der Waals surface area contributed by atoms with Gasteiger partial charge in [0.1, 0.15) is 27.2 Å². The fraction of sp³-hybridized carbons (Fsp3) is 0.0769. The average Bonchev–Trinajstić information content (AvgIpc) is 3.38. The summed E-state index contributed by atoms with van der Waals surface area (Å²) in [7, 11) is -3.84. The van der Waals surface area contributed by atoms with Crippen LogP contribution < -0.4 is 15.5 Å². The summed E-state index contributed by atoms with van der Waals surface area (Å²) in [5, 5.41) is 37.6. The van der Waals surface area contributed by atoms with Gasteiger partial charge in [0.05, 0.1) is 40.8 Å². The lowest BCUT2D eigenvalue weighted by atomic mass is 10.2. The number of azo groups is 2. The van der Waals surface area contributed by atoms with Crippen molar-refractivity contribution in [1.29, 1.82) is 0 Å². The molecule has 0 atom stereocenters. The van der Waals surface area contributed by atoms with Crippen LogP contribution in [0.15, 0.2) is 95.7 Å². The number of hydrogen-bond acceptors (Lipinski definition) is 14. The molecule has 218 valence electrons. The van der Waals surface area contributed by atoms with Crippen molar-refractivity contribution in [2.24, 2.45) is 20.5 Å². The van der Waals surface area contributed by atoms with E-state index in [2.05, 4.69) is 34.8 Å². The van der Waals surface area contributed by atoms with Gasteiger partial charge in [-0.15, -0.1) is 19.7 Å². The number of nitrogens with zero attached hydrogens (tertiary/aromatic N) is 7. The number of ether oxygens (including phenoxy) is 1. The Balaban J connectivity index is 1.60. The molecule has 0 fully saturated rings. The third kappa shape index (κ3) is 5.90. The standard InChI is InChI=1S/C26H18N7O8S2/c1-14-17(13-27)25-28-18-5-3-4-6-21(18)33(25)26(34)24(14)32-31-20-11-22(39-2)19(12-23(20)43(36,37)38)30-29-15-7-9-16(10-8-15)42-41-40-35/h3-12,35H,1-2H3,(H,36,37,38)/q-1/p-1. The summed E-state index contributed by atoms with van der Waals surface area (Å²) >= 11 is 0.739. The molecular formula is C26H17N7O8S2-2. The van der Waals surface area contributed by atoms with Crippen molar-refractivity contribution in [3.05, 3.63) is 87.2 Å². The van der Waals surface area contributed by atoms with Crippen molar-refractivity contribution < 1.29 is 32.3 Å². The van der Waals surface area contributed by atoms with Gasteiger partial charge >= 0.3 is 0 Å². The molecule has 5 aromatic rings. The van der Waals surface area contributed by atoms with Gasteiger partial charge < -0.3 is 14.7 Å². The first-order valence-electron chi connectivity index (χ1n) is 11.9. The summed E-state index contributed by atoms with van der Waals surface area (Å²) in [6, 6.07) is 15.1. The molecule has 0 aliphatic carbocycles. The minimum Gasteiger partial charge on any atom is -0.763 e. The van der Waals surface area contributed by atoms with Crippen molar-refractivity contribution in [1.82, 2.24) is 9.38 Å². The number of benzene rings is 3. The normalized spacial score (nSPS) is 12.1. The first kappa shape index (κ1) is 29.6. The molecule has 0 aliphatic rings. The molecule has 0 aliphatic heterocycles. The molecule has 0 unspecified atom stereocenters. The van der Waals surface area contributed by atoms with Crippen molar-refractivity contribution in [2.75, 3.05) is 7.11 Å². The molecule has 2 aromatic heterocycles. The van der Waals surface area contributed by atoms with Crippen LogP contribution in [-0.4, -0.2) is 40.6 Å². The van der Waals surface area contributed by atoms with Crippen molar-refractivity contribution >= 4 is 67.5 Å². The van der Waals surface area contributed by atoms with Gasteiger partial charge in [0, 0.05) is 16.2 Å². The highest BCUT2D eigenvalue weighted by Crippen LogP contribution is 2.39. The van der Waals surface area contributed by atoms with Crippen LogP contribution in [0.3, 0.4) is 0 Å². The fourth-order valence-electron chi connectivity index (χ4n) is 4.10. The lowest BCUT2D eigenvalue weighted by Gasteiger charge is -2.13. The van der Waals surface area contributed by atoms with E-state index >= 15 is 0 Å². The zero-order valence-corrected chi connectivity index (χ0v) is 23.7. The first-order chi connectivity index (χ1) is 20.7. The molecule has 15 nitrogen and oxygen atoms in total. The Hall–Kier alpha value is -4.87. The van der Waals surface area contributed by atoms with Gasteiger partial charge in [-0.05, 0) is 55.0 Å². The van der Waals surface area contributed by atoms with Crippen LogP contribution in [0.1, 0.15) is 5.56 Å². The highest BCUT2D eigenvalue weighted by Gasteiger charge is 2.18. The second-order valence-electron chi connectivity index (χ2n) is 8.59. The van der Waals surface area contributed by atoms with Gasteiger partial charge in [-0.2, -0.15) is 5.11 Å². The zero-order chi connectivity index (χ0) is 30.7. The Bertz CT molecular complexity index is 2180. The number of para-hydroxylation sites is 2. The Kier molecular flexibility index (Phi) is 8.38. The predicted octanol–water partition coefficient (Wildman–Crippen LogP) is 4.96. The summed E-state index contributed by atoms with van der Waals surface area (Å²) in [6.07, 6.45) is 0. The zero-order valence-electron chi connectivity index (χ0n) is 22.0. The monoisotopic (exact) mass is 619 g/mol. The van der Waals surface area contributed by atoms with Crippen LogP contribution in [0, 0.1) is 6.92 Å². The van der Waals surface area contributed by atoms with E-state index in [0.717, 1.165) is 24.2 Å². The molecule has 0 radical (unpaired) electrons. The maximum atomic E-state index is 13.5. The molecule has 0 saturated heterocycles. The Labute approximate surface area is 246 Å². The quantitative estimate of drug-likeness (QED) is 0.0585. The van der Waals surface area contributed by atoms with Crippen LogP contribution in [-0.2, 0) is 19.5 Å². The van der Waals surface area contributed by atoms with Gasteiger partial charge in [-0.25, -0.2) is 18.7 Å². The highest BCUT2D eigenvalue weighted by atomic mass is 32.2. The van der Waals surface area contributed by atoms with E-state index in [-0.39, 0.29) is 33.6 Å². The van der Waals surface area contributed by atoms with Gasteiger partial charge in [-0.3, -0.25) is 15.1 Å². The van der Waals surface area contributed by atoms with Crippen LogP contribution in [0.25, 0.3) is 22.1 Å². The molecule has 1 N–H and O–H groups in total. The minimum atomic E-state index is -5.13. The minimum absolute atomic E-state index is 0.00129. The second-order valence-corrected chi connectivity index (χ2v) is 10.7. The molecule has 2 heterocycles. The summed E-state index contributed by atoms with van der Waals surface area (Å²) in [4.78, 5) is 17.6. The van der Waals surface area contributed by atoms with E-state index in [4.69, 9.17) is 9.99 Å². The highest BCUT2D eigenvalue weighted by molar-refractivity contribution is 7.94. The van der Waals surface area contributed by atoms with E-state index in [1.54, 1.807) is 48.5 Å². The lowest BCUT2D eigenvalue weighted by molar-refractivity contribution is -0.432. The molecule has 5 rings (SSSR count). The third-order valence-electron chi connectivity index (χ3n) is 6.09. The van der Waals surface area contributed by atoms with Crippen LogP contribution >= 0.6 is 12.0 Å². The molecule has 3 aromatic carbocycles. The van der Waals surface area contributed by atoms with E-state index < -0.39 is 26.3 Å². The predicted molar refractivity (Wildman–Crippen MR) is 153 cm³/mol.